The molecule has 8 heteroatoms. The fraction of sp³-hybridized carbons (Fsp3) is 0.297. The van der Waals surface area contributed by atoms with Gasteiger partial charge in [-0.15, -0.1) is 0 Å². The van der Waals surface area contributed by atoms with Crippen LogP contribution >= 0.6 is 0 Å². The highest BCUT2D eigenvalue weighted by Gasteiger charge is 2.34. The van der Waals surface area contributed by atoms with E-state index in [0.717, 1.165) is 32.1 Å². The van der Waals surface area contributed by atoms with E-state index in [9.17, 15) is 18.0 Å². The molecule has 0 aliphatic rings. The number of amides is 2. The zero-order valence-electron chi connectivity index (χ0n) is 26.7. The zero-order valence-corrected chi connectivity index (χ0v) is 27.6. The number of anilines is 1. The molecule has 4 aromatic carbocycles. The van der Waals surface area contributed by atoms with Crippen molar-refractivity contribution >= 4 is 27.5 Å². The molecule has 45 heavy (non-hydrogen) atoms. The lowest BCUT2D eigenvalue weighted by molar-refractivity contribution is -0.140. The number of carbonyl (C=O) groups is 2. The smallest absolute Gasteiger partial charge is 0.264 e. The van der Waals surface area contributed by atoms with Gasteiger partial charge in [0.05, 0.1) is 10.6 Å². The summed E-state index contributed by atoms with van der Waals surface area (Å²) in [6, 6.07) is 30.2. The first kappa shape index (κ1) is 33.5. The maximum Gasteiger partial charge on any atom is 0.264 e. The number of benzene rings is 4. The van der Waals surface area contributed by atoms with Gasteiger partial charge < -0.3 is 10.2 Å². The minimum atomic E-state index is -4.14. The Labute approximate surface area is 268 Å². The van der Waals surface area contributed by atoms with Crippen molar-refractivity contribution in [1.29, 1.82) is 0 Å². The molecular weight excluding hydrogens is 582 g/mol. The minimum Gasteiger partial charge on any atom is -0.354 e. The topological polar surface area (TPSA) is 86.8 Å². The van der Waals surface area contributed by atoms with Gasteiger partial charge in [0.25, 0.3) is 10.0 Å². The molecule has 0 unspecified atom stereocenters. The minimum absolute atomic E-state index is 0.0863. The van der Waals surface area contributed by atoms with Crippen molar-refractivity contribution in [2.75, 3.05) is 17.4 Å². The molecule has 0 heterocycles. The Morgan fingerprint density at radius 1 is 0.733 bits per heavy atom. The summed E-state index contributed by atoms with van der Waals surface area (Å²) in [5.74, 6) is -0.546. The lowest BCUT2D eigenvalue weighted by Gasteiger charge is -2.34. The van der Waals surface area contributed by atoms with E-state index in [1.54, 1.807) is 42.5 Å². The van der Waals surface area contributed by atoms with Crippen molar-refractivity contribution < 1.29 is 18.0 Å². The maximum atomic E-state index is 14.5. The highest BCUT2D eigenvalue weighted by atomic mass is 32.2. The quantitative estimate of drug-likeness (QED) is 0.191. The van der Waals surface area contributed by atoms with Gasteiger partial charge in [0.15, 0.2) is 0 Å². The molecule has 7 nitrogen and oxygen atoms in total. The van der Waals surface area contributed by atoms with Crippen LogP contribution in [0.25, 0.3) is 0 Å². The van der Waals surface area contributed by atoms with Crippen LogP contribution in [0.2, 0.25) is 0 Å². The molecule has 4 rings (SSSR count). The molecule has 4 aromatic rings. The molecule has 0 aromatic heterocycles. The van der Waals surface area contributed by atoms with Crippen LogP contribution in [0.5, 0.6) is 0 Å². The molecule has 0 aliphatic heterocycles. The van der Waals surface area contributed by atoms with Crippen LogP contribution in [-0.4, -0.2) is 44.3 Å². The highest BCUT2D eigenvalue weighted by Crippen LogP contribution is 2.26. The Balaban J connectivity index is 1.80. The van der Waals surface area contributed by atoms with Crippen molar-refractivity contribution in [2.24, 2.45) is 5.92 Å². The van der Waals surface area contributed by atoms with Crippen molar-refractivity contribution in [2.45, 2.75) is 58.5 Å². The molecule has 0 saturated heterocycles. The third-order valence-electron chi connectivity index (χ3n) is 7.57. The molecule has 0 spiro atoms. The summed E-state index contributed by atoms with van der Waals surface area (Å²) in [5, 5.41) is 3.02. The van der Waals surface area contributed by atoms with E-state index in [-0.39, 0.29) is 29.7 Å². The molecule has 0 fully saturated rings. The van der Waals surface area contributed by atoms with Crippen LogP contribution in [0.15, 0.2) is 108 Å². The van der Waals surface area contributed by atoms with E-state index in [0.29, 0.717) is 12.2 Å². The van der Waals surface area contributed by atoms with Crippen LogP contribution in [0.1, 0.15) is 41.7 Å². The predicted octanol–water partition coefficient (Wildman–Crippen LogP) is 6.22. The van der Waals surface area contributed by atoms with Crippen molar-refractivity contribution in [3.63, 3.8) is 0 Å². The normalized spacial score (nSPS) is 12.0. The predicted molar refractivity (Wildman–Crippen MR) is 180 cm³/mol. The summed E-state index contributed by atoms with van der Waals surface area (Å²) < 4.78 is 29.5. The number of rotatable bonds is 13. The molecule has 1 atom stereocenters. The Hall–Kier alpha value is -4.43. The average molecular weight is 626 g/mol. The van der Waals surface area contributed by atoms with E-state index in [1.165, 1.54) is 4.90 Å². The molecule has 2 amide bonds. The van der Waals surface area contributed by atoms with Gasteiger partial charge in [-0.05, 0) is 67.6 Å². The van der Waals surface area contributed by atoms with Gasteiger partial charge in [-0.3, -0.25) is 13.9 Å². The van der Waals surface area contributed by atoms with Crippen molar-refractivity contribution in [3.8, 4) is 0 Å². The largest absolute Gasteiger partial charge is 0.354 e. The number of nitrogens with zero attached hydrogens (tertiary/aromatic N) is 2. The van der Waals surface area contributed by atoms with Gasteiger partial charge in [-0.2, -0.15) is 0 Å². The first-order valence-corrected chi connectivity index (χ1v) is 16.7. The van der Waals surface area contributed by atoms with Gasteiger partial charge in [-0.25, -0.2) is 8.42 Å². The summed E-state index contributed by atoms with van der Waals surface area (Å²) >= 11 is 0. The number of aryl methyl sites for hydroxylation is 3. The second-order valence-electron chi connectivity index (χ2n) is 12.0. The van der Waals surface area contributed by atoms with E-state index < -0.39 is 28.5 Å². The zero-order chi connectivity index (χ0) is 32.6. The Morgan fingerprint density at radius 3 is 1.98 bits per heavy atom. The third-order valence-corrected chi connectivity index (χ3v) is 9.36. The first-order valence-electron chi connectivity index (χ1n) is 15.3. The lowest BCUT2D eigenvalue weighted by atomic mass is 10.0. The standard InChI is InChI=1S/C37H43N3O4S/c1-27(2)24-38-37(42)35(23-31-13-7-6-8-14-31)39(25-32-15-9-11-29(4)21-32)36(41)26-40(33-16-10-12-30(5)22-33)45(43,44)34-19-17-28(3)18-20-34/h6-22,27,35H,23-26H2,1-5H3,(H,38,42)/t35-/m1/s1. The Bertz CT molecular complexity index is 1700. The SMILES string of the molecule is Cc1ccc(S(=O)(=O)N(CC(=O)N(Cc2cccc(C)c2)[C@H](Cc2ccccc2)C(=O)NCC(C)C)c2cccc(C)c2)cc1. The summed E-state index contributed by atoms with van der Waals surface area (Å²) in [4.78, 5) is 30.0. The second kappa shape index (κ2) is 15.0. The van der Waals surface area contributed by atoms with E-state index in [4.69, 9.17) is 0 Å². The van der Waals surface area contributed by atoms with Crippen LogP contribution in [0.3, 0.4) is 0 Å². The molecule has 0 bridgehead atoms. The van der Waals surface area contributed by atoms with Gasteiger partial charge in [-0.1, -0.05) is 104 Å². The number of sulfonamides is 1. The summed E-state index contributed by atoms with van der Waals surface area (Å²) in [6.45, 7) is 9.87. The summed E-state index contributed by atoms with van der Waals surface area (Å²) in [7, 11) is -4.14. The molecule has 0 aliphatic carbocycles. The number of hydrogen-bond acceptors (Lipinski definition) is 4. The third kappa shape index (κ3) is 9.05. The maximum absolute atomic E-state index is 14.5. The molecule has 236 valence electrons. The Kier molecular flexibility index (Phi) is 11.2. The van der Waals surface area contributed by atoms with Crippen molar-refractivity contribution in [3.05, 3.63) is 131 Å². The number of hydrogen-bond donors (Lipinski definition) is 1. The number of carbonyl (C=O) groups excluding carboxylic acids is 2. The van der Waals surface area contributed by atoms with Crippen LogP contribution in [-0.2, 0) is 32.6 Å². The van der Waals surface area contributed by atoms with Crippen LogP contribution in [0, 0.1) is 26.7 Å². The molecular formula is C37H43N3O4S. The fourth-order valence-electron chi connectivity index (χ4n) is 5.13. The van der Waals surface area contributed by atoms with Crippen LogP contribution in [0.4, 0.5) is 5.69 Å². The lowest BCUT2D eigenvalue weighted by Crippen LogP contribution is -2.53. The van der Waals surface area contributed by atoms with Gasteiger partial charge in [0, 0.05) is 19.5 Å². The van der Waals surface area contributed by atoms with Gasteiger partial charge >= 0.3 is 0 Å². The molecule has 0 radical (unpaired) electrons. The monoisotopic (exact) mass is 625 g/mol. The Morgan fingerprint density at radius 2 is 1.36 bits per heavy atom. The van der Waals surface area contributed by atoms with Crippen LogP contribution < -0.4 is 9.62 Å². The second-order valence-corrected chi connectivity index (χ2v) is 13.9. The van der Waals surface area contributed by atoms with Gasteiger partial charge in [0.2, 0.25) is 11.8 Å². The highest BCUT2D eigenvalue weighted by molar-refractivity contribution is 7.92. The van der Waals surface area contributed by atoms with Crippen molar-refractivity contribution in [1.82, 2.24) is 10.2 Å². The summed E-state index contributed by atoms with van der Waals surface area (Å²) in [6.07, 6.45) is 0.275. The first-order chi connectivity index (χ1) is 21.4. The van der Waals surface area contributed by atoms with E-state index in [1.807, 2.05) is 95.3 Å². The number of nitrogens with one attached hydrogen (secondary N) is 1. The average Bonchev–Trinajstić information content (AvgIpc) is 3.01. The van der Waals surface area contributed by atoms with E-state index >= 15 is 0 Å². The molecule has 1 N–H and O–H groups in total. The fourth-order valence-corrected chi connectivity index (χ4v) is 6.54. The summed E-state index contributed by atoms with van der Waals surface area (Å²) in [5.41, 5.74) is 4.92. The van der Waals surface area contributed by atoms with Gasteiger partial charge in [0.1, 0.15) is 12.6 Å². The van der Waals surface area contributed by atoms with E-state index in [2.05, 4.69) is 5.32 Å². The molecule has 0 saturated carbocycles.